The summed E-state index contributed by atoms with van der Waals surface area (Å²) in [7, 11) is -1.00. The van der Waals surface area contributed by atoms with Crippen LogP contribution >= 0.6 is 7.92 Å². The number of nitrogens with zero attached hydrogens (tertiary/aromatic N) is 3. The number of hydrogen-bond donors (Lipinski definition) is 0. The molecule has 0 saturated heterocycles. The summed E-state index contributed by atoms with van der Waals surface area (Å²) >= 11 is 0. The van der Waals surface area contributed by atoms with Gasteiger partial charge < -0.3 is 14.7 Å². The molecule has 4 heteroatoms. The molecule has 3 nitrogen and oxygen atoms in total. The first kappa shape index (κ1) is 41.7. The fourth-order valence-corrected chi connectivity index (χ4v) is 11.9. The Hall–Kier alpha value is -5.63. The van der Waals surface area contributed by atoms with Crippen LogP contribution in [0.3, 0.4) is 0 Å². The van der Waals surface area contributed by atoms with Crippen LogP contribution in [0, 0.1) is 0 Å². The molecule has 0 bridgehead atoms. The smallest absolute Gasteiger partial charge is 0.0587 e. The SMILES string of the molecule is CC(C)(C)c1ccc(N2c3ccc(C(C)(C)C)cc3P3c4cc(C(C)(C)C)ccc4N(c4ccc(C(C)(C)C)cc4)c4cc(N(c5ccccc5)c5ccccc5)cc2c43)cc1. The van der Waals surface area contributed by atoms with Gasteiger partial charge in [0.15, 0.2) is 0 Å². The zero-order valence-electron chi connectivity index (χ0n) is 38.8. The van der Waals surface area contributed by atoms with Crippen LogP contribution < -0.4 is 30.6 Å². The lowest BCUT2D eigenvalue weighted by Crippen LogP contribution is -2.41. The molecule has 2 heterocycles. The van der Waals surface area contributed by atoms with Crippen molar-refractivity contribution in [3.05, 3.63) is 180 Å². The molecule has 62 heavy (non-hydrogen) atoms. The zero-order chi connectivity index (χ0) is 43.9. The largest absolute Gasteiger partial charge is 0.310 e. The van der Waals surface area contributed by atoms with Crippen molar-refractivity contribution in [2.75, 3.05) is 14.7 Å². The molecule has 9 rings (SSSR count). The second-order valence-electron chi connectivity index (χ2n) is 21.3. The lowest BCUT2D eigenvalue weighted by Gasteiger charge is -2.46. The van der Waals surface area contributed by atoms with Crippen LogP contribution in [0.15, 0.2) is 158 Å². The highest BCUT2D eigenvalue weighted by Gasteiger charge is 2.43. The molecule has 0 unspecified atom stereocenters. The van der Waals surface area contributed by atoms with Gasteiger partial charge in [0.05, 0.1) is 28.4 Å². The van der Waals surface area contributed by atoms with Crippen molar-refractivity contribution in [2.24, 2.45) is 0 Å². The average Bonchev–Trinajstić information content (AvgIpc) is 3.23. The number of fused-ring (bicyclic) bond motifs is 4. The molecule has 7 aromatic rings. The van der Waals surface area contributed by atoms with Crippen LogP contribution in [0.1, 0.15) is 105 Å². The van der Waals surface area contributed by atoms with Gasteiger partial charge in [-0.3, -0.25) is 0 Å². The second kappa shape index (κ2) is 15.0. The lowest BCUT2D eigenvalue weighted by atomic mass is 9.86. The highest BCUT2D eigenvalue weighted by Crippen LogP contribution is 2.59. The minimum absolute atomic E-state index is 0.0188. The predicted octanol–water partition coefficient (Wildman–Crippen LogP) is 15.7. The third kappa shape index (κ3) is 7.43. The fraction of sp³-hybridized carbons (Fsp3) is 0.276. The summed E-state index contributed by atoms with van der Waals surface area (Å²) in [6, 6.07) is 60.1. The standard InChI is InChI=1S/C58H62N3P/c1-55(2,3)39-23-29-45(30-24-39)60-48-33-27-41(57(7,8)9)35-52(48)62-53-36-42(58(10,11)12)28-34-49(53)61(46-31-25-40(26-32-46)56(4,5)6)51-38-47(37-50(60)54(51)62)59(43-19-15-13-16-20-43)44-21-17-14-18-22-44/h13-38H,1-12H3. The van der Waals surface area contributed by atoms with Crippen molar-refractivity contribution in [3.8, 4) is 0 Å². The van der Waals surface area contributed by atoms with E-state index in [-0.39, 0.29) is 21.7 Å². The van der Waals surface area contributed by atoms with Crippen LogP contribution in [0.2, 0.25) is 0 Å². The van der Waals surface area contributed by atoms with Crippen LogP contribution in [-0.2, 0) is 21.7 Å². The molecule has 0 saturated carbocycles. The monoisotopic (exact) mass is 831 g/mol. The van der Waals surface area contributed by atoms with Crippen molar-refractivity contribution in [2.45, 2.75) is 105 Å². The molecule has 0 radical (unpaired) electrons. The summed E-state index contributed by atoms with van der Waals surface area (Å²) in [5.41, 5.74) is 16.0. The third-order valence-corrected chi connectivity index (χ3v) is 15.3. The maximum absolute atomic E-state index is 2.57. The van der Waals surface area contributed by atoms with Gasteiger partial charge in [0, 0.05) is 38.7 Å². The van der Waals surface area contributed by atoms with Crippen molar-refractivity contribution < 1.29 is 0 Å². The summed E-state index contributed by atoms with van der Waals surface area (Å²) in [5, 5.41) is 4.21. The Labute approximate surface area is 372 Å². The quantitative estimate of drug-likeness (QED) is 0.160. The second-order valence-corrected chi connectivity index (χ2v) is 23.4. The molecular weight excluding hydrogens is 770 g/mol. The van der Waals surface area contributed by atoms with Crippen molar-refractivity contribution in [3.63, 3.8) is 0 Å². The molecule has 7 aromatic carbocycles. The number of hydrogen-bond acceptors (Lipinski definition) is 3. The number of anilines is 9. The lowest BCUT2D eigenvalue weighted by molar-refractivity contribution is 0.590. The maximum atomic E-state index is 2.57. The Morgan fingerprint density at radius 1 is 0.339 bits per heavy atom. The number of para-hydroxylation sites is 2. The average molecular weight is 832 g/mol. The summed E-state index contributed by atoms with van der Waals surface area (Å²) in [5.74, 6) is 0. The molecule has 2 aliphatic rings. The fourth-order valence-electron chi connectivity index (χ4n) is 9.01. The number of benzene rings is 7. The van der Waals surface area contributed by atoms with Gasteiger partial charge in [-0.15, -0.1) is 0 Å². The van der Waals surface area contributed by atoms with Gasteiger partial charge >= 0.3 is 0 Å². The van der Waals surface area contributed by atoms with E-state index in [1.165, 1.54) is 60.9 Å². The Morgan fingerprint density at radius 3 is 1.02 bits per heavy atom. The van der Waals surface area contributed by atoms with E-state index in [0.717, 1.165) is 28.4 Å². The van der Waals surface area contributed by atoms with Crippen LogP contribution in [0.4, 0.5) is 51.2 Å². The molecule has 0 amide bonds. The minimum atomic E-state index is -1.00. The van der Waals surface area contributed by atoms with Gasteiger partial charge in [-0.1, -0.05) is 156 Å². The van der Waals surface area contributed by atoms with Gasteiger partial charge in [0.25, 0.3) is 0 Å². The zero-order valence-corrected chi connectivity index (χ0v) is 39.7. The molecule has 0 N–H and O–H groups in total. The first-order valence-electron chi connectivity index (χ1n) is 22.3. The molecule has 0 spiro atoms. The molecule has 0 aromatic heterocycles. The normalized spacial score (nSPS) is 14.0. The molecule has 0 fully saturated rings. The molecule has 0 aliphatic carbocycles. The van der Waals surface area contributed by atoms with E-state index in [1.54, 1.807) is 0 Å². The topological polar surface area (TPSA) is 9.72 Å². The summed E-state index contributed by atoms with van der Waals surface area (Å²) in [6.45, 7) is 27.9. The first-order valence-corrected chi connectivity index (χ1v) is 23.6. The van der Waals surface area contributed by atoms with E-state index >= 15 is 0 Å². The summed E-state index contributed by atoms with van der Waals surface area (Å²) in [4.78, 5) is 7.57. The molecule has 0 atom stereocenters. The van der Waals surface area contributed by atoms with E-state index in [2.05, 4.69) is 256 Å². The van der Waals surface area contributed by atoms with E-state index in [9.17, 15) is 0 Å². The highest BCUT2D eigenvalue weighted by molar-refractivity contribution is 7.81. The Bertz CT molecular complexity index is 2570. The van der Waals surface area contributed by atoms with E-state index in [0.29, 0.717) is 0 Å². The maximum Gasteiger partial charge on any atom is 0.0587 e. The predicted molar refractivity (Wildman–Crippen MR) is 271 cm³/mol. The van der Waals surface area contributed by atoms with Gasteiger partial charge in [-0.25, -0.2) is 0 Å². The Balaban J connectivity index is 1.43. The van der Waals surface area contributed by atoms with Crippen molar-refractivity contribution in [1.82, 2.24) is 0 Å². The Morgan fingerprint density at radius 2 is 0.677 bits per heavy atom. The number of rotatable bonds is 5. The van der Waals surface area contributed by atoms with Crippen LogP contribution in [0.5, 0.6) is 0 Å². The van der Waals surface area contributed by atoms with E-state index in [1.807, 2.05) is 0 Å². The molecule has 314 valence electrons. The molecular formula is C58H62N3P. The van der Waals surface area contributed by atoms with Gasteiger partial charge in [0.1, 0.15) is 0 Å². The van der Waals surface area contributed by atoms with E-state index < -0.39 is 7.92 Å². The highest BCUT2D eigenvalue weighted by atomic mass is 31.1. The summed E-state index contributed by atoms with van der Waals surface area (Å²) < 4.78 is 0. The van der Waals surface area contributed by atoms with E-state index in [4.69, 9.17) is 0 Å². The minimum Gasteiger partial charge on any atom is -0.310 e. The van der Waals surface area contributed by atoms with Gasteiger partial charge in [-0.05, 0) is 137 Å². The van der Waals surface area contributed by atoms with Crippen molar-refractivity contribution in [1.29, 1.82) is 0 Å². The molecule has 2 aliphatic heterocycles. The summed E-state index contributed by atoms with van der Waals surface area (Å²) in [6.07, 6.45) is 0. The van der Waals surface area contributed by atoms with Crippen LogP contribution in [0.25, 0.3) is 0 Å². The third-order valence-electron chi connectivity index (χ3n) is 12.7. The van der Waals surface area contributed by atoms with Gasteiger partial charge in [-0.2, -0.15) is 0 Å². The van der Waals surface area contributed by atoms with Gasteiger partial charge in [0.2, 0.25) is 0 Å². The Kier molecular flexibility index (Phi) is 10.1. The van der Waals surface area contributed by atoms with Crippen molar-refractivity contribution >= 4 is 75.0 Å². The first-order chi connectivity index (χ1) is 29.3. The van der Waals surface area contributed by atoms with Crippen LogP contribution in [-0.4, -0.2) is 0 Å².